The van der Waals surface area contributed by atoms with Crippen LogP contribution < -0.4 is 0 Å². The van der Waals surface area contributed by atoms with Gasteiger partial charge in [0.15, 0.2) is 5.82 Å². The molecular weight excluding hydrogens is 206 g/mol. The van der Waals surface area contributed by atoms with E-state index in [-0.39, 0.29) is 0 Å². The van der Waals surface area contributed by atoms with Crippen LogP contribution in [-0.4, -0.2) is 45.9 Å². The average molecular weight is 225 g/mol. The van der Waals surface area contributed by atoms with Crippen molar-refractivity contribution in [2.24, 2.45) is 0 Å². The van der Waals surface area contributed by atoms with Crippen molar-refractivity contribution in [2.75, 3.05) is 13.6 Å². The molecule has 90 valence electrons. The summed E-state index contributed by atoms with van der Waals surface area (Å²) in [5, 5.41) is 13.1. The molecule has 2 rings (SSSR count). The second-order valence-corrected chi connectivity index (χ2v) is 4.64. The Balaban J connectivity index is 1.92. The molecule has 16 heavy (non-hydrogen) atoms. The summed E-state index contributed by atoms with van der Waals surface area (Å²) < 4.78 is 5.18. The Bertz CT molecular complexity index is 338. The second-order valence-electron chi connectivity index (χ2n) is 4.64. The number of aliphatic hydroxyl groups is 1. The number of hydrogen-bond acceptors (Lipinski definition) is 5. The summed E-state index contributed by atoms with van der Waals surface area (Å²) in [7, 11) is 2.13. The molecule has 0 radical (unpaired) electrons. The van der Waals surface area contributed by atoms with Gasteiger partial charge in [0.2, 0.25) is 5.89 Å². The number of likely N-dealkylation sites (N-methyl/N-ethyl adjacent to an activating group) is 1. The van der Waals surface area contributed by atoms with Crippen molar-refractivity contribution in [3.05, 3.63) is 11.7 Å². The fraction of sp³-hybridized carbons (Fsp3) is 0.818. The van der Waals surface area contributed by atoms with Crippen molar-refractivity contribution in [3.8, 4) is 0 Å². The molecule has 5 nitrogen and oxygen atoms in total. The first-order chi connectivity index (χ1) is 7.65. The van der Waals surface area contributed by atoms with Crippen LogP contribution in [0, 0.1) is 0 Å². The largest absolute Gasteiger partial charge is 0.393 e. The van der Waals surface area contributed by atoms with Gasteiger partial charge in [0.1, 0.15) is 0 Å². The maximum Gasteiger partial charge on any atom is 0.228 e. The zero-order valence-electron chi connectivity index (χ0n) is 9.89. The van der Waals surface area contributed by atoms with Crippen LogP contribution in [-0.2, 0) is 12.8 Å². The van der Waals surface area contributed by atoms with Gasteiger partial charge >= 0.3 is 0 Å². The smallest absolute Gasteiger partial charge is 0.228 e. The van der Waals surface area contributed by atoms with E-state index in [1.54, 1.807) is 6.92 Å². The monoisotopic (exact) mass is 225 g/mol. The Kier molecular flexibility index (Phi) is 3.56. The van der Waals surface area contributed by atoms with E-state index in [9.17, 15) is 5.11 Å². The van der Waals surface area contributed by atoms with Crippen molar-refractivity contribution < 1.29 is 9.63 Å². The predicted octanol–water partition coefficient (Wildman–Crippen LogP) is 0.630. The van der Waals surface area contributed by atoms with E-state index in [1.165, 1.54) is 12.8 Å². The minimum Gasteiger partial charge on any atom is -0.393 e. The maximum atomic E-state index is 9.21. The van der Waals surface area contributed by atoms with Gasteiger partial charge in [-0.25, -0.2) is 0 Å². The van der Waals surface area contributed by atoms with Gasteiger partial charge in [-0.05, 0) is 33.4 Å². The van der Waals surface area contributed by atoms with E-state index in [1.807, 2.05) is 0 Å². The molecule has 2 heterocycles. The van der Waals surface area contributed by atoms with Gasteiger partial charge in [0.25, 0.3) is 0 Å². The van der Waals surface area contributed by atoms with Crippen LogP contribution in [0.3, 0.4) is 0 Å². The van der Waals surface area contributed by atoms with Crippen molar-refractivity contribution >= 4 is 0 Å². The van der Waals surface area contributed by atoms with Gasteiger partial charge in [-0.3, -0.25) is 0 Å². The molecule has 1 aromatic heterocycles. The summed E-state index contributed by atoms with van der Waals surface area (Å²) in [5.74, 6) is 1.29. The third-order valence-electron chi connectivity index (χ3n) is 3.07. The van der Waals surface area contributed by atoms with Crippen molar-refractivity contribution in [2.45, 2.75) is 44.8 Å². The molecule has 1 N–H and O–H groups in total. The molecule has 1 aliphatic rings. The minimum atomic E-state index is -0.417. The highest BCUT2D eigenvalue weighted by Gasteiger charge is 2.23. The Morgan fingerprint density at radius 3 is 3.06 bits per heavy atom. The van der Waals surface area contributed by atoms with Crippen LogP contribution in [0.5, 0.6) is 0 Å². The molecule has 5 heteroatoms. The number of nitrogens with zero attached hydrogens (tertiary/aromatic N) is 3. The molecule has 2 unspecified atom stereocenters. The van der Waals surface area contributed by atoms with Gasteiger partial charge in [-0.1, -0.05) is 5.16 Å². The van der Waals surface area contributed by atoms with Crippen LogP contribution in [0.1, 0.15) is 31.5 Å². The summed E-state index contributed by atoms with van der Waals surface area (Å²) >= 11 is 0. The summed E-state index contributed by atoms with van der Waals surface area (Å²) in [6.07, 6.45) is 3.31. The normalized spacial score (nSPS) is 23.8. The first-order valence-corrected chi connectivity index (χ1v) is 5.85. The quantitative estimate of drug-likeness (QED) is 0.814. The van der Waals surface area contributed by atoms with E-state index in [0.29, 0.717) is 24.2 Å². The molecule has 1 fully saturated rings. The number of aromatic nitrogens is 2. The summed E-state index contributed by atoms with van der Waals surface area (Å²) in [6.45, 7) is 2.88. The van der Waals surface area contributed by atoms with Crippen LogP contribution >= 0.6 is 0 Å². The number of hydrogen-bond donors (Lipinski definition) is 1. The zero-order valence-corrected chi connectivity index (χ0v) is 9.89. The molecule has 1 aromatic rings. The minimum absolute atomic E-state index is 0.417. The standard InChI is InChI=1S/C11H19N3O2/c1-8(15)6-10-12-11(16-13-10)7-9-4-3-5-14(9)2/h8-9,15H,3-7H2,1-2H3. The summed E-state index contributed by atoms with van der Waals surface area (Å²) in [6, 6.07) is 0.528. The van der Waals surface area contributed by atoms with E-state index in [0.717, 1.165) is 13.0 Å². The van der Waals surface area contributed by atoms with E-state index in [4.69, 9.17) is 4.52 Å². The summed E-state index contributed by atoms with van der Waals surface area (Å²) in [5.41, 5.74) is 0. The van der Waals surface area contributed by atoms with Crippen molar-refractivity contribution in [3.63, 3.8) is 0 Å². The molecule has 0 saturated carbocycles. The molecule has 0 aromatic carbocycles. The average Bonchev–Trinajstić information content (AvgIpc) is 2.77. The molecule has 0 aliphatic carbocycles. The topological polar surface area (TPSA) is 62.4 Å². The Morgan fingerprint density at radius 2 is 2.44 bits per heavy atom. The molecule has 0 spiro atoms. The van der Waals surface area contributed by atoms with Gasteiger partial charge in [0, 0.05) is 18.9 Å². The molecule has 1 aliphatic heterocycles. The van der Waals surface area contributed by atoms with Gasteiger partial charge < -0.3 is 14.5 Å². The lowest BCUT2D eigenvalue weighted by Crippen LogP contribution is -2.26. The molecule has 2 atom stereocenters. The van der Waals surface area contributed by atoms with Gasteiger partial charge in [-0.2, -0.15) is 4.98 Å². The van der Waals surface area contributed by atoms with Crippen molar-refractivity contribution in [1.29, 1.82) is 0 Å². The highest BCUT2D eigenvalue weighted by atomic mass is 16.5. The Morgan fingerprint density at radius 1 is 1.62 bits per heavy atom. The number of rotatable bonds is 4. The third-order valence-corrected chi connectivity index (χ3v) is 3.07. The first-order valence-electron chi connectivity index (χ1n) is 5.85. The molecule has 1 saturated heterocycles. The zero-order chi connectivity index (χ0) is 11.5. The lowest BCUT2D eigenvalue weighted by Gasteiger charge is -2.16. The van der Waals surface area contributed by atoms with E-state index >= 15 is 0 Å². The fourth-order valence-corrected chi connectivity index (χ4v) is 2.16. The lowest BCUT2D eigenvalue weighted by atomic mass is 10.1. The molecule has 0 amide bonds. The first kappa shape index (κ1) is 11.5. The molecular formula is C11H19N3O2. The van der Waals surface area contributed by atoms with Crippen LogP contribution in [0.25, 0.3) is 0 Å². The number of likely N-dealkylation sites (tertiary alicyclic amines) is 1. The van der Waals surface area contributed by atoms with Crippen LogP contribution in [0.4, 0.5) is 0 Å². The highest BCUT2D eigenvalue weighted by Crippen LogP contribution is 2.18. The third kappa shape index (κ3) is 2.80. The van der Waals surface area contributed by atoms with E-state index in [2.05, 4.69) is 22.1 Å². The van der Waals surface area contributed by atoms with Crippen LogP contribution in [0.15, 0.2) is 4.52 Å². The van der Waals surface area contributed by atoms with Crippen LogP contribution in [0.2, 0.25) is 0 Å². The van der Waals surface area contributed by atoms with Crippen molar-refractivity contribution in [1.82, 2.24) is 15.0 Å². The molecule has 0 bridgehead atoms. The SMILES string of the molecule is CC(O)Cc1noc(CC2CCCN2C)n1. The predicted molar refractivity (Wildman–Crippen MR) is 59.0 cm³/mol. The highest BCUT2D eigenvalue weighted by molar-refractivity contribution is 4.92. The summed E-state index contributed by atoms with van der Waals surface area (Å²) in [4.78, 5) is 6.62. The van der Waals surface area contributed by atoms with Gasteiger partial charge in [-0.15, -0.1) is 0 Å². The lowest BCUT2D eigenvalue weighted by molar-refractivity contribution is 0.191. The maximum absolute atomic E-state index is 9.21. The van der Waals surface area contributed by atoms with Gasteiger partial charge in [0.05, 0.1) is 6.10 Å². The fourth-order valence-electron chi connectivity index (χ4n) is 2.16. The number of aliphatic hydroxyl groups excluding tert-OH is 1. The van der Waals surface area contributed by atoms with E-state index < -0.39 is 6.10 Å². The second kappa shape index (κ2) is 4.93. The Hall–Kier alpha value is -0.940. The Labute approximate surface area is 95.4 Å².